The number of nitrogens with zero attached hydrogens (tertiary/aromatic N) is 2. The number of hydrogen-bond acceptors (Lipinski definition) is 0. The Kier molecular flexibility index (Phi) is 9.07. The zero-order valence-electron chi connectivity index (χ0n) is 16.0. The molecule has 0 atom stereocenters. The SMILES string of the molecule is [Br-].[Br-].c1ccc2c[n+](CCCCCC[n+]3ccc4ccccc4c3)ccc2c1. The normalized spacial score (nSPS) is 10.4. The molecule has 0 fully saturated rings. The minimum Gasteiger partial charge on any atom is -1.00 e. The summed E-state index contributed by atoms with van der Waals surface area (Å²) in [7, 11) is 0. The second kappa shape index (κ2) is 11.3. The van der Waals surface area contributed by atoms with E-state index in [-0.39, 0.29) is 34.0 Å². The average Bonchev–Trinajstić information content (AvgIpc) is 2.70. The number of rotatable bonds is 7. The van der Waals surface area contributed by atoms with Crippen LogP contribution in [0.25, 0.3) is 21.5 Å². The third-order valence-corrected chi connectivity index (χ3v) is 5.08. The highest BCUT2D eigenvalue weighted by molar-refractivity contribution is 5.80. The summed E-state index contributed by atoms with van der Waals surface area (Å²) in [5, 5.41) is 5.28. The molecule has 28 heavy (non-hydrogen) atoms. The maximum atomic E-state index is 2.32. The fourth-order valence-corrected chi connectivity index (χ4v) is 3.58. The number of pyridine rings is 2. The van der Waals surface area contributed by atoms with Gasteiger partial charge in [0.15, 0.2) is 24.8 Å². The minimum absolute atomic E-state index is 0. The van der Waals surface area contributed by atoms with Crippen molar-refractivity contribution in [3.8, 4) is 0 Å². The number of hydrogen-bond donors (Lipinski definition) is 0. The van der Waals surface area contributed by atoms with Gasteiger partial charge in [-0.15, -0.1) is 0 Å². The number of benzene rings is 2. The lowest BCUT2D eigenvalue weighted by molar-refractivity contribution is -0.697. The summed E-state index contributed by atoms with van der Waals surface area (Å²) in [6, 6.07) is 21.6. The second-order valence-corrected chi connectivity index (χ2v) is 7.04. The van der Waals surface area contributed by atoms with Crippen LogP contribution in [0.2, 0.25) is 0 Å². The molecule has 2 heterocycles. The molecule has 0 spiro atoms. The fraction of sp³-hybridized carbons (Fsp3) is 0.250. The van der Waals surface area contributed by atoms with Gasteiger partial charge in [0.1, 0.15) is 13.1 Å². The average molecular weight is 502 g/mol. The summed E-state index contributed by atoms with van der Waals surface area (Å²) >= 11 is 0. The van der Waals surface area contributed by atoms with Crippen LogP contribution in [0.15, 0.2) is 85.5 Å². The smallest absolute Gasteiger partial charge is 0.176 e. The molecule has 4 heteroatoms. The summed E-state index contributed by atoms with van der Waals surface area (Å²) in [6.07, 6.45) is 14.0. The maximum Gasteiger partial charge on any atom is 0.176 e. The summed E-state index contributed by atoms with van der Waals surface area (Å²) in [5.74, 6) is 0. The summed E-state index contributed by atoms with van der Waals surface area (Å²) in [6.45, 7) is 2.21. The van der Waals surface area contributed by atoms with Crippen molar-refractivity contribution in [3.05, 3.63) is 85.5 Å². The quantitative estimate of drug-likeness (QED) is 0.223. The molecule has 0 bridgehead atoms. The van der Waals surface area contributed by atoms with Crippen molar-refractivity contribution < 1.29 is 43.1 Å². The van der Waals surface area contributed by atoms with Crippen LogP contribution in [-0.4, -0.2) is 0 Å². The van der Waals surface area contributed by atoms with E-state index < -0.39 is 0 Å². The van der Waals surface area contributed by atoms with Crippen LogP contribution in [0, 0.1) is 0 Å². The summed E-state index contributed by atoms with van der Waals surface area (Å²) in [5.41, 5.74) is 0. The highest BCUT2D eigenvalue weighted by Gasteiger charge is 2.05. The van der Waals surface area contributed by atoms with E-state index in [4.69, 9.17) is 0 Å². The molecule has 0 unspecified atom stereocenters. The second-order valence-electron chi connectivity index (χ2n) is 7.04. The molecule has 0 amide bonds. The van der Waals surface area contributed by atoms with Crippen molar-refractivity contribution >= 4 is 21.5 Å². The van der Waals surface area contributed by atoms with E-state index in [2.05, 4.69) is 94.6 Å². The standard InChI is InChI=1S/C24H26N2.2BrH/c1(7-15-25-17-13-21-9-3-5-11-23(21)19-25)2-8-16-26-18-14-22-10-4-6-12-24(22)20-26;;/h3-6,9-14,17-20H,1-2,7-8,15-16H2;2*1H/q+2;;/p-2. The molecule has 0 saturated carbocycles. The number of fused-ring (bicyclic) bond motifs is 2. The molecule has 4 rings (SSSR count). The van der Waals surface area contributed by atoms with Crippen molar-refractivity contribution in [3.63, 3.8) is 0 Å². The zero-order chi connectivity index (χ0) is 17.6. The Bertz CT molecular complexity index is 934. The van der Waals surface area contributed by atoms with Gasteiger partial charge in [-0.1, -0.05) is 36.4 Å². The van der Waals surface area contributed by atoms with E-state index in [0.29, 0.717) is 0 Å². The highest BCUT2D eigenvalue weighted by atomic mass is 79.9. The van der Waals surface area contributed by atoms with Gasteiger partial charge in [0.25, 0.3) is 0 Å². The van der Waals surface area contributed by atoms with Crippen LogP contribution >= 0.6 is 0 Å². The predicted molar refractivity (Wildman–Crippen MR) is 107 cm³/mol. The van der Waals surface area contributed by atoms with E-state index in [0.717, 1.165) is 13.1 Å². The Balaban J connectivity index is 0.00000140. The first kappa shape index (κ1) is 22.5. The van der Waals surface area contributed by atoms with Crippen LogP contribution in [0.5, 0.6) is 0 Å². The van der Waals surface area contributed by atoms with Gasteiger partial charge in [-0.05, 0) is 35.7 Å². The first-order valence-corrected chi connectivity index (χ1v) is 9.64. The molecule has 0 aliphatic carbocycles. The topological polar surface area (TPSA) is 7.76 Å². The highest BCUT2D eigenvalue weighted by Crippen LogP contribution is 2.11. The number of aryl methyl sites for hydroxylation is 2. The van der Waals surface area contributed by atoms with Crippen molar-refractivity contribution in [2.45, 2.75) is 38.8 Å². The van der Waals surface area contributed by atoms with E-state index in [9.17, 15) is 0 Å². The van der Waals surface area contributed by atoms with Gasteiger partial charge in [0, 0.05) is 35.7 Å². The lowest BCUT2D eigenvalue weighted by Gasteiger charge is -2.01. The molecule has 146 valence electrons. The molecule has 2 nitrogen and oxygen atoms in total. The van der Waals surface area contributed by atoms with E-state index >= 15 is 0 Å². The lowest BCUT2D eigenvalue weighted by Crippen LogP contribution is -3.00. The zero-order valence-corrected chi connectivity index (χ0v) is 19.1. The summed E-state index contributed by atoms with van der Waals surface area (Å²) < 4.78 is 4.64. The molecular weight excluding hydrogens is 476 g/mol. The van der Waals surface area contributed by atoms with Crippen molar-refractivity contribution in [2.24, 2.45) is 0 Å². The van der Waals surface area contributed by atoms with E-state index in [1.54, 1.807) is 0 Å². The van der Waals surface area contributed by atoms with Crippen LogP contribution in [-0.2, 0) is 13.1 Å². The Morgan fingerprint density at radius 1 is 0.464 bits per heavy atom. The van der Waals surface area contributed by atoms with Gasteiger partial charge in [0.2, 0.25) is 0 Å². The van der Waals surface area contributed by atoms with E-state index in [1.165, 1.54) is 47.2 Å². The molecule has 0 N–H and O–H groups in total. The maximum absolute atomic E-state index is 2.32. The Hall–Kier alpha value is -1.78. The molecule has 0 radical (unpaired) electrons. The minimum atomic E-state index is 0. The lowest BCUT2D eigenvalue weighted by atomic mass is 10.1. The molecule has 2 aromatic heterocycles. The van der Waals surface area contributed by atoms with Crippen LogP contribution in [0.3, 0.4) is 0 Å². The first-order valence-electron chi connectivity index (χ1n) is 9.64. The van der Waals surface area contributed by atoms with Crippen molar-refractivity contribution in [2.75, 3.05) is 0 Å². The molecule has 0 aliphatic rings. The van der Waals surface area contributed by atoms with Crippen LogP contribution < -0.4 is 43.1 Å². The fourth-order valence-electron chi connectivity index (χ4n) is 3.58. The van der Waals surface area contributed by atoms with Crippen molar-refractivity contribution in [1.29, 1.82) is 0 Å². The third kappa shape index (κ3) is 5.86. The van der Waals surface area contributed by atoms with Crippen LogP contribution in [0.1, 0.15) is 25.7 Å². The number of halogens is 2. The molecule has 0 aliphatic heterocycles. The summed E-state index contributed by atoms with van der Waals surface area (Å²) in [4.78, 5) is 0. The molecule has 2 aromatic carbocycles. The van der Waals surface area contributed by atoms with Gasteiger partial charge in [-0.2, -0.15) is 0 Å². The van der Waals surface area contributed by atoms with Gasteiger partial charge < -0.3 is 34.0 Å². The van der Waals surface area contributed by atoms with Gasteiger partial charge in [-0.25, -0.2) is 9.13 Å². The largest absolute Gasteiger partial charge is 1.00 e. The molecule has 0 saturated heterocycles. The van der Waals surface area contributed by atoms with Gasteiger partial charge >= 0.3 is 0 Å². The number of unbranched alkanes of at least 4 members (excludes halogenated alkanes) is 3. The van der Waals surface area contributed by atoms with Gasteiger partial charge in [0.05, 0.1) is 0 Å². The van der Waals surface area contributed by atoms with Crippen LogP contribution in [0.4, 0.5) is 0 Å². The predicted octanol–water partition coefficient (Wildman–Crippen LogP) is -1.16. The Labute approximate surface area is 188 Å². The van der Waals surface area contributed by atoms with Gasteiger partial charge in [-0.3, -0.25) is 0 Å². The monoisotopic (exact) mass is 500 g/mol. The Morgan fingerprint density at radius 2 is 0.857 bits per heavy atom. The number of aromatic nitrogens is 2. The van der Waals surface area contributed by atoms with Crippen molar-refractivity contribution in [1.82, 2.24) is 0 Å². The first-order chi connectivity index (χ1) is 12.9. The van der Waals surface area contributed by atoms with E-state index in [1.807, 2.05) is 0 Å². The molecular formula is C24H26Br2N2. The molecule has 4 aromatic rings. The Morgan fingerprint density at radius 3 is 1.29 bits per heavy atom. The third-order valence-electron chi connectivity index (χ3n) is 5.08.